The lowest BCUT2D eigenvalue weighted by Crippen LogP contribution is -2.41. The van der Waals surface area contributed by atoms with Gasteiger partial charge in [0.2, 0.25) is 5.91 Å². The number of nitrogens with one attached hydrogen (secondary N) is 2. The fourth-order valence-electron chi connectivity index (χ4n) is 3.79. The fourth-order valence-corrected chi connectivity index (χ4v) is 4.62. The van der Waals surface area contributed by atoms with Crippen LogP contribution >= 0.6 is 11.8 Å². The van der Waals surface area contributed by atoms with Crippen molar-refractivity contribution in [2.75, 3.05) is 12.9 Å². The van der Waals surface area contributed by atoms with Gasteiger partial charge in [-0.25, -0.2) is 0 Å². The van der Waals surface area contributed by atoms with Crippen molar-refractivity contribution in [1.82, 2.24) is 25.4 Å². The number of benzene rings is 1. The third kappa shape index (κ3) is 6.22. The highest BCUT2D eigenvalue weighted by atomic mass is 32.2. The SMILES string of the molecule is CCn1c(CNC(=O)c2ccc(OC)cc2)nnc1SCC(=O)NC1CCCCC1C. The number of hydrogen-bond acceptors (Lipinski definition) is 6. The number of carbonyl (C=O) groups excluding carboxylic acids is 2. The van der Waals surface area contributed by atoms with Crippen LogP contribution in [0.15, 0.2) is 29.4 Å². The molecule has 0 aliphatic heterocycles. The van der Waals surface area contributed by atoms with Gasteiger partial charge in [0.15, 0.2) is 11.0 Å². The molecule has 1 aromatic heterocycles. The molecule has 1 fully saturated rings. The zero-order valence-corrected chi connectivity index (χ0v) is 19.2. The lowest BCUT2D eigenvalue weighted by atomic mass is 9.86. The fraction of sp³-hybridized carbons (Fsp3) is 0.545. The zero-order valence-electron chi connectivity index (χ0n) is 18.4. The maximum atomic E-state index is 12.4. The molecule has 8 nitrogen and oxygen atoms in total. The minimum Gasteiger partial charge on any atom is -0.497 e. The molecule has 168 valence electrons. The van der Waals surface area contributed by atoms with Crippen molar-refractivity contribution in [2.24, 2.45) is 5.92 Å². The number of aromatic nitrogens is 3. The Hall–Kier alpha value is -2.55. The number of carbonyl (C=O) groups is 2. The number of thioether (sulfide) groups is 1. The van der Waals surface area contributed by atoms with Gasteiger partial charge in [-0.3, -0.25) is 9.59 Å². The minimum absolute atomic E-state index is 0.0313. The van der Waals surface area contributed by atoms with Crippen molar-refractivity contribution in [3.8, 4) is 5.75 Å². The Morgan fingerprint density at radius 3 is 2.61 bits per heavy atom. The van der Waals surface area contributed by atoms with Crippen molar-refractivity contribution in [2.45, 2.75) is 63.8 Å². The van der Waals surface area contributed by atoms with Gasteiger partial charge in [0.1, 0.15) is 5.75 Å². The second-order valence-electron chi connectivity index (χ2n) is 7.78. The van der Waals surface area contributed by atoms with Crippen LogP contribution in [-0.4, -0.2) is 45.5 Å². The van der Waals surface area contributed by atoms with E-state index in [4.69, 9.17) is 4.74 Å². The summed E-state index contributed by atoms with van der Waals surface area (Å²) in [5, 5.41) is 15.2. The number of nitrogens with zero attached hydrogens (tertiary/aromatic N) is 3. The van der Waals surface area contributed by atoms with Crippen LogP contribution in [0.1, 0.15) is 55.7 Å². The summed E-state index contributed by atoms with van der Waals surface area (Å²) in [5.74, 6) is 2.04. The van der Waals surface area contributed by atoms with Gasteiger partial charge >= 0.3 is 0 Å². The number of ether oxygens (including phenoxy) is 1. The smallest absolute Gasteiger partial charge is 0.251 e. The first-order chi connectivity index (χ1) is 15.0. The minimum atomic E-state index is -0.191. The molecule has 0 spiro atoms. The number of methoxy groups -OCH3 is 1. The van der Waals surface area contributed by atoms with Crippen molar-refractivity contribution in [3.63, 3.8) is 0 Å². The van der Waals surface area contributed by atoms with Crippen LogP contribution in [0.2, 0.25) is 0 Å². The lowest BCUT2D eigenvalue weighted by molar-refractivity contribution is -0.119. The third-order valence-corrected chi connectivity index (χ3v) is 6.63. The summed E-state index contributed by atoms with van der Waals surface area (Å²) in [6.07, 6.45) is 4.66. The Balaban J connectivity index is 1.52. The summed E-state index contributed by atoms with van der Waals surface area (Å²) in [6, 6.07) is 7.20. The number of amides is 2. The Labute approximate surface area is 187 Å². The molecule has 1 aliphatic rings. The standard InChI is InChI=1S/C22H31N5O3S/c1-4-27-19(13-23-21(29)16-9-11-17(30-3)12-10-16)25-26-22(27)31-14-20(28)24-18-8-6-5-7-15(18)2/h9-12,15,18H,4-8,13-14H2,1-3H3,(H,23,29)(H,24,28). The van der Waals surface area contributed by atoms with E-state index in [1.54, 1.807) is 31.4 Å². The monoisotopic (exact) mass is 445 g/mol. The first kappa shape index (κ1) is 23.1. The van der Waals surface area contributed by atoms with E-state index in [1.165, 1.54) is 31.0 Å². The van der Waals surface area contributed by atoms with E-state index < -0.39 is 0 Å². The lowest BCUT2D eigenvalue weighted by Gasteiger charge is -2.29. The number of rotatable bonds is 9. The van der Waals surface area contributed by atoms with Crippen LogP contribution in [0.5, 0.6) is 5.75 Å². The molecule has 1 aromatic carbocycles. The molecule has 3 rings (SSSR count). The van der Waals surface area contributed by atoms with Gasteiger partial charge < -0.3 is 19.9 Å². The average molecular weight is 446 g/mol. The first-order valence-corrected chi connectivity index (χ1v) is 11.8. The van der Waals surface area contributed by atoms with Crippen LogP contribution in [-0.2, 0) is 17.9 Å². The van der Waals surface area contributed by atoms with E-state index in [-0.39, 0.29) is 24.4 Å². The van der Waals surface area contributed by atoms with Crippen molar-refractivity contribution < 1.29 is 14.3 Å². The average Bonchev–Trinajstić information content (AvgIpc) is 3.19. The summed E-state index contributed by atoms with van der Waals surface area (Å²) in [4.78, 5) is 24.8. The number of hydrogen-bond donors (Lipinski definition) is 2. The van der Waals surface area contributed by atoms with Crippen molar-refractivity contribution >= 4 is 23.6 Å². The predicted octanol–water partition coefficient (Wildman–Crippen LogP) is 3.02. The third-order valence-electron chi connectivity index (χ3n) is 5.66. The van der Waals surface area contributed by atoms with E-state index in [9.17, 15) is 9.59 Å². The second-order valence-corrected chi connectivity index (χ2v) is 8.72. The Bertz CT molecular complexity index is 884. The summed E-state index contributed by atoms with van der Waals surface area (Å²) < 4.78 is 7.04. The summed E-state index contributed by atoms with van der Waals surface area (Å²) >= 11 is 1.38. The maximum absolute atomic E-state index is 12.4. The molecule has 2 atom stereocenters. The molecule has 0 saturated heterocycles. The molecular weight excluding hydrogens is 414 g/mol. The van der Waals surface area contributed by atoms with Crippen LogP contribution in [0.25, 0.3) is 0 Å². The van der Waals surface area contributed by atoms with Gasteiger partial charge in [0.25, 0.3) is 5.91 Å². The molecule has 1 saturated carbocycles. The maximum Gasteiger partial charge on any atom is 0.251 e. The highest BCUT2D eigenvalue weighted by Gasteiger charge is 2.23. The van der Waals surface area contributed by atoms with Crippen LogP contribution < -0.4 is 15.4 Å². The molecule has 2 unspecified atom stereocenters. The first-order valence-electron chi connectivity index (χ1n) is 10.8. The molecule has 1 heterocycles. The molecule has 2 aromatic rings. The van der Waals surface area contributed by atoms with Crippen molar-refractivity contribution in [1.29, 1.82) is 0 Å². The molecule has 2 amide bonds. The topological polar surface area (TPSA) is 98.1 Å². The summed E-state index contributed by atoms with van der Waals surface area (Å²) in [7, 11) is 1.59. The zero-order chi connectivity index (χ0) is 22.2. The highest BCUT2D eigenvalue weighted by Crippen LogP contribution is 2.24. The molecule has 0 bridgehead atoms. The molecular formula is C22H31N5O3S. The van der Waals surface area contributed by atoms with Crippen LogP contribution in [0.3, 0.4) is 0 Å². The van der Waals surface area contributed by atoms with E-state index in [0.717, 1.165) is 6.42 Å². The molecule has 9 heteroatoms. The van der Waals surface area contributed by atoms with Crippen LogP contribution in [0, 0.1) is 5.92 Å². The quantitative estimate of drug-likeness (QED) is 0.576. The van der Waals surface area contributed by atoms with Gasteiger partial charge in [0, 0.05) is 18.2 Å². The summed E-state index contributed by atoms with van der Waals surface area (Å²) in [5.41, 5.74) is 0.548. The van der Waals surface area contributed by atoms with Gasteiger partial charge in [0.05, 0.1) is 19.4 Å². The normalized spacial score (nSPS) is 18.4. The van der Waals surface area contributed by atoms with Crippen LogP contribution in [0.4, 0.5) is 0 Å². The molecule has 2 N–H and O–H groups in total. The van der Waals surface area contributed by atoms with E-state index >= 15 is 0 Å². The van der Waals surface area contributed by atoms with Gasteiger partial charge in [-0.15, -0.1) is 10.2 Å². The summed E-state index contributed by atoms with van der Waals surface area (Å²) in [6.45, 7) is 5.12. The van der Waals surface area contributed by atoms with Crippen molar-refractivity contribution in [3.05, 3.63) is 35.7 Å². The molecule has 31 heavy (non-hydrogen) atoms. The highest BCUT2D eigenvalue weighted by molar-refractivity contribution is 7.99. The Morgan fingerprint density at radius 1 is 1.19 bits per heavy atom. The van der Waals surface area contributed by atoms with E-state index in [1.807, 2.05) is 11.5 Å². The van der Waals surface area contributed by atoms with Gasteiger partial charge in [-0.1, -0.05) is 31.5 Å². The second kappa shape index (κ2) is 11.2. The largest absolute Gasteiger partial charge is 0.497 e. The predicted molar refractivity (Wildman–Crippen MR) is 120 cm³/mol. The van der Waals surface area contributed by atoms with E-state index in [2.05, 4.69) is 27.8 Å². The Kier molecular flexibility index (Phi) is 8.34. The van der Waals surface area contributed by atoms with Gasteiger partial charge in [-0.2, -0.15) is 0 Å². The van der Waals surface area contributed by atoms with Gasteiger partial charge in [-0.05, 0) is 49.9 Å². The van der Waals surface area contributed by atoms with E-state index in [0.29, 0.717) is 40.5 Å². The Morgan fingerprint density at radius 2 is 1.94 bits per heavy atom. The molecule has 1 aliphatic carbocycles. The molecule has 0 radical (unpaired) electrons.